The van der Waals surface area contributed by atoms with Crippen molar-refractivity contribution < 1.29 is 9.59 Å². The maximum atomic E-state index is 12.5. The molecule has 0 atom stereocenters. The highest BCUT2D eigenvalue weighted by molar-refractivity contribution is 6.23. The van der Waals surface area contributed by atoms with Gasteiger partial charge in [0, 0.05) is 24.6 Å². The monoisotopic (exact) mass is 376 g/mol. The topological polar surface area (TPSA) is 125 Å². The molecule has 2 aliphatic heterocycles. The molecular weight excluding hydrogens is 360 g/mol. The van der Waals surface area contributed by atoms with Crippen LogP contribution < -0.4 is 16.6 Å². The molecule has 28 heavy (non-hydrogen) atoms. The van der Waals surface area contributed by atoms with E-state index < -0.39 is 17.4 Å². The third-order valence-corrected chi connectivity index (χ3v) is 5.20. The Kier molecular flexibility index (Phi) is 3.45. The van der Waals surface area contributed by atoms with Gasteiger partial charge in [0.05, 0.1) is 16.8 Å². The average Bonchev–Trinajstić information content (AvgIpc) is 3.23. The highest BCUT2D eigenvalue weighted by Crippen LogP contribution is 2.26. The van der Waals surface area contributed by atoms with Gasteiger partial charge in [-0.25, -0.2) is 0 Å². The quantitative estimate of drug-likeness (QED) is 0.640. The van der Waals surface area contributed by atoms with Crippen LogP contribution in [-0.2, 0) is 13.0 Å². The normalized spacial score (nSPS) is 15.3. The number of hydrogen-bond acceptors (Lipinski definition) is 6. The summed E-state index contributed by atoms with van der Waals surface area (Å²) >= 11 is 0. The van der Waals surface area contributed by atoms with E-state index in [1.54, 1.807) is 12.1 Å². The van der Waals surface area contributed by atoms with E-state index in [9.17, 15) is 14.4 Å². The van der Waals surface area contributed by atoms with Crippen molar-refractivity contribution in [2.45, 2.75) is 25.8 Å². The number of benzene rings is 1. The molecular formula is C19H16N6O3. The first kappa shape index (κ1) is 16.4. The summed E-state index contributed by atoms with van der Waals surface area (Å²) in [5, 5.41) is 10.7. The molecule has 0 aliphatic carbocycles. The van der Waals surface area contributed by atoms with E-state index in [1.807, 2.05) is 12.1 Å². The number of nitrogen functional groups attached to an aromatic ring is 1. The predicted octanol–water partition coefficient (Wildman–Crippen LogP) is 0.898. The summed E-state index contributed by atoms with van der Waals surface area (Å²) in [5.41, 5.74) is 7.01. The third kappa shape index (κ3) is 2.29. The van der Waals surface area contributed by atoms with Crippen molar-refractivity contribution in [3.8, 4) is 17.1 Å². The van der Waals surface area contributed by atoms with Crippen LogP contribution >= 0.6 is 0 Å². The zero-order valence-corrected chi connectivity index (χ0v) is 14.8. The second-order valence-corrected chi connectivity index (χ2v) is 6.87. The number of pyridine rings is 1. The zero-order valence-electron chi connectivity index (χ0n) is 14.8. The summed E-state index contributed by atoms with van der Waals surface area (Å²) in [5.74, 6) is 0.514. The summed E-state index contributed by atoms with van der Waals surface area (Å²) in [6.07, 6.45) is 3.14. The maximum absolute atomic E-state index is 12.5. The van der Waals surface area contributed by atoms with Crippen molar-refractivity contribution in [2.75, 3.05) is 5.73 Å². The largest absolute Gasteiger partial charge is 0.384 e. The van der Waals surface area contributed by atoms with Gasteiger partial charge in [0.25, 0.3) is 17.4 Å². The van der Waals surface area contributed by atoms with Crippen LogP contribution in [0.5, 0.6) is 0 Å². The molecule has 5 rings (SSSR count). The van der Waals surface area contributed by atoms with Crippen molar-refractivity contribution in [1.29, 1.82) is 0 Å². The van der Waals surface area contributed by atoms with E-state index in [-0.39, 0.29) is 16.9 Å². The second-order valence-electron chi connectivity index (χ2n) is 6.87. The van der Waals surface area contributed by atoms with E-state index in [0.29, 0.717) is 5.69 Å². The van der Waals surface area contributed by atoms with E-state index in [2.05, 4.69) is 20.1 Å². The Morgan fingerprint density at radius 2 is 1.79 bits per heavy atom. The van der Waals surface area contributed by atoms with Gasteiger partial charge in [-0.05, 0) is 37.1 Å². The van der Waals surface area contributed by atoms with Crippen molar-refractivity contribution in [2.24, 2.45) is 0 Å². The van der Waals surface area contributed by atoms with Crippen LogP contribution in [-0.4, -0.2) is 31.1 Å². The first-order valence-electron chi connectivity index (χ1n) is 8.98. The molecule has 0 radical (unpaired) electrons. The predicted molar refractivity (Wildman–Crippen MR) is 100 cm³/mol. The number of imide groups is 1. The Hall–Kier alpha value is -3.75. The number of nitrogens with two attached hydrogens (primary N) is 1. The lowest BCUT2D eigenvalue weighted by molar-refractivity contribution is 0.0880. The van der Waals surface area contributed by atoms with Crippen molar-refractivity contribution in [3.63, 3.8) is 0 Å². The molecule has 0 saturated heterocycles. The number of nitrogens with zero attached hydrogens (tertiary/aromatic N) is 4. The fourth-order valence-corrected chi connectivity index (χ4v) is 3.83. The lowest BCUT2D eigenvalue weighted by Crippen LogP contribution is -2.24. The molecule has 0 saturated carbocycles. The Balaban J connectivity index is 1.58. The van der Waals surface area contributed by atoms with Crippen molar-refractivity contribution in [1.82, 2.24) is 24.6 Å². The van der Waals surface area contributed by atoms with Crippen LogP contribution in [0, 0.1) is 0 Å². The SMILES string of the molecule is Nc1c2c(cc(=O)n1-c1ccc(-c3nnc4n3CCCC4)cc1)C(=O)NC2=O. The minimum atomic E-state index is -0.608. The maximum Gasteiger partial charge on any atom is 0.262 e. The molecule has 2 aromatic heterocycles. The minimum absolute atomic E-state index is 0.00968. The van der Waals surface area contributed by atoms with E-state index in [1.165, 1.54) is 4.57 Å². The summed E-state index contributed by atoms with van der Waals surface area (Å²) < 4.78 is 3.34. The molecule has 3 aromatic rings. The summed E-state index contributed by atoms with van der Waals surface area (Å²) in [6, 6.07) is 8.28. The van der Waals surface area contributed by atoms with Gasteiger partial charge in [0.2, 0.25) is 0 Å². The Bertz CT molecular complexity index is 1210. The molecule has 140 valence electrons. The molecule has 2 aliphatic rings. The van der Waals surface area contributed by atoms with Gasteiger partial charge in [0.1, 0.15) is 11.6 Å². The fourth-order valence-electron chi connectivity index (χ4n) is 3.83. The lowest BCUT2D eigenvalue weighted by atomic mass is 10.1. The van der Waals surface area contributed by atoms with Crippen LogP contribution in [0.3, 0.4) is 0 Å². The van der Waals surface area contributed by atoms with Crippen LogP contribution in [0.1, 0.15) is 39.4 Å². The number of anilines is 1. The minimum Gasteiger partial charge on any atom is -0.384 e. The molecule has 0 spiro atoms. The number of hydrogen-bond donors (Lipinski definition) is 2. The third-order valence-electron chi connectivity index (χ3n) is 5.20. The Labute approximate surface area is 158 Å². The molecule has 0 fully saturated rings. The van der Waals surface area contributed by atoms with Crippen molar-refractivity contribution in [3.05, 3.63) is 57.6 Å². The molecule has 3 N–H and O–H groups in total. The molecule has 1 aromatic carbocycles. The number of aryl methyl sites for hydroxylation is 1. The van der Waals surface area contributed by atoms with E-state index in [0.717, 1.165) is 49.1 Å². The molecule has 4 heterocycles. The molecule has 0 unspecified atom stereocenters. The zero-order chi connectivity index (χ0) is 19.4. The number of aromatic nitrogens is 4. The highest BCUT2D eigenvalue weighted by atomic mass is 16.2. The van der Waals surface area contributed by atoms with Crippen molar-refractivity contribution >= 4 is 17.6 Å². The van der Waals surface area contributed by atoms with Crippen LogP contribution in [0.25, 0.3) is 17.1 Å². The average molecular weight is 376 g/mol. The highest BCUT2D eigenvalue weighted by Gasteiger charge is 2.31. The van der Waals surface area contributed by atoms with Gasteiger partial charge in [-0.3, -0.25) is 24.3 Å². The number of nitrogens with one attached hydrogen (secondary N) is 1. The van der Waals surface area contributed by atoms with E-state index in [4.69, 9.17) is 5.73 Å². The molecule has 0 bridgehead atoms. The Morgan fingerprint density at radius 3 is 2.57 bits per heavy atom. The molecule has 2 amide bonds. The second kappa shape index (κ2) is 5.88. The van der Waals surface area contributed by atoms with Gasteiger partial charge >= 0.3 is 0 Å². The van der Waals surface area contributed by atoms with Crippen LogP contribution in [0.4, 0.5) is 5.82 Å². The smallest absolute Gasteiger partial charge is 0.262 e. The number of amides is 2. The first-order valence-corrected chi connectivity index (χ1v) is 8.98. The van der Waals surface area contributed by atoms with Gasteiger partial charge < -0.3 is 10.3 Å². The van der Waals surface area contributed by atoms with Gasteiger partial charge in [0.15, 0.2) is 5.82 Å². The molecule has 9 heteroatoms. The van der Waals surface area contributed by atoms with Gasteiger partial charge in [-0.1, -0.05) is 0 Å². The number of carbonyl (C=O) groups excluding carboxylic acids is 2. The fraction of sp³-hybridized carbons (Fsp3) is 0.211. The number of rotatable bonds is 2. The standard InChI is InChI=1S/C19H16N6O3/c20-16-15-12(18(27)21-19(15)28)9-14(26)25(16)11-6-4-10(5-7-11)17-23-22-13-3-1-2-8-24(13)17/h4-7,9H,1-3,8,20H2,(H,21,27,28). The van der Waals surface area contributed by atoms with E-state index >= 15 is 0 Å². The summed E-state index contributed by atoms with van der Waals surface area (Å²) in [4.78, 5) is 36.3. The first-order chi connectivity index (χ1) is 13.5. The van der Waals surface area contributed by atoms with Crippen LogP contribution in [0.15, 0.2) is 35.1 Å². The van der Waals surface area contributed by atoms with Crippen LogP contribution in [0.2, 0.25) is 0 Å². The summed E-state index contributed by atoms with van der Waals surface area (Å²) in [6.45, 7) is 0.889. The van der Waals surface area contributed by atoms with Gasteiger partial charge in [-0.15, -0.1) is 10.2 Å². The summed E-state index contributed by atoms with van der Waals surface area (Å²) in [7, 11) is 0. The number of fused-ring (bicyclic) bond motifs is 2. The number of carbonyl (C=O) groups is 2. The Morgan fingerprint density at radius 1 is 1.00 bits per heavy atom. The molecule has 9 nitrogen and oxygen atoms in total. The lowest BCUT2D eigenvalue weighted by Gasteiger charge is -2.15. The van der Waals surface area contributed by atoms with Gasteiger partial charge in [-0.2, -0.15) is 0 Å².